The quantitative estimate of drug-likeness (QED) is 0.873. The highest BCUT2D eigenvalue weighted by Crippen LogP contribution is 2.23. The molecule has 1 aromatic carbocycles. The third-order valence-electron chi connectivity index (χ3n) is 3.81. The normalized spacial score (nSPS) is 18.9. The molecule has 1 unspecified atom stereocenters. The number of hydrogen-bond donors (Lipinski definition) is 1. The van der Waals surface area contributed by atoms with Crippen LogP contribution in [0.25, 0.3) is 10.9 Å². The Kier molecular flexibility index (Phi) is 3.26. The van der Waals surface area contributed by atoms with Crippen molar-refractivity contribution in [3.05, 3.63) is 42.1 Å². The van der Waals surface area contributed by atoms with E-state index in [0.29, 0.717) is 6.04 Å². The van der Waals surface area contributed by atoms with Gasteiger partial charge in [0.2, 0.25) is 0 Å². The van der Waals surface area contributed by atoms with Crippen LogP contribution in [0.15, 0.2) is 36.5 Å². The zero-order valence-corrected chi connectivity index (χ0v) is 10.8. The molecule has 1 aliphatic heterocycles. The molecular formula is C15H19N3. The van der Waals surface area contributed by atoms with E-state index in [2.05, 4.69) is 46.4 Å². The standard InChI is InChI=1S/C15H19N3/c1-12(18-9-7-16-8-10-18)14-5-4-13-3-2-6-17-15(13)11-14/h2-6,11-12,16H,7-10H2,1H3. The number of fused-ring (bicyclic) bond motifs is 1. The molecule has 0 amide bonds. The maximum absolute atomic E-state index is 4.44. The van der Waals surface area contributed by atoms with Gasteiger partial charge in [-0.25, -0.2) is 0 Å². The van der Waals surface area contributed by atoms with E-state index in [9.17, 15) is 0 Å². The Labute approximate surface area is 108 Å². The van der Waals surface area contributed by atoms with Crippen LogP contribution in [0.5, 0.6) is 0 Å². The summed E-state index contributed by atoms with van der Waals surface area (Å²) in [5.41, 5.74) is 2.46. The number of piperazine rings is 1. The Bertz CT molecular complexity index is 532. The highest BCUT2D eigenvalue weighted by Gasteiger charge is 2.17. The van der Waals surface area contributed by atoms with Crippen molar-refractivity contribution >= 4 is 10.9 Å². The molecule has 2 heterocycles. The zero-order valence-electron chi connectivity index (χ0n) is 10.8. The van der Waals surface area contributed by atoms with Gasteiger partial charge in [0.1, 0.15) is 0 Å². The number of aromatic nitrogens is 1. The fourth-order valence-corrected chi connectivity index (χ4v) is 2.62. The molecule has 0 aliphatic carbocycles. The molecule has 0 saturated carbocycles. The molecule has 2 aromatic rings. The fraction of sp³-hybridized carbons (Fsp3) is 0.400. The summed E-state index contributed by atoms with van der Waals surface area (Å²) in [6, 6.07) is 11.2. The van der Waals surface area contributed by atoms with E-state index >= 15 is 0 Å². The first-order valence-electron chi connectivity index (χ1n) is 6.64. The topological polar surface area (TPSA) is 28.2 Å². The summed E-state index contributed by atoms with van der Waals surface area (Å²) in [6.07, 6.45) is 1.86. The van der Waals surface area contributed by atoms with Crippen LogP contribution in [0.1, 0.15) is 18.5 Å². The smallest absolute Gasteiger partial charge is 0.0705 e. The van der Waals surface area contributed by atoms with Crippen molar-refractivity contribution in [3.63, 3.8) is 0 Å². The van der Waals surface area contributed by atoms with Crippen molar-refractivity contribution in [2.24, 2.45) is 0 Å². The summed E-state index contributed by atoms with van der Waals surface area (Å²) < 4.78 is 0. The molecule has 3 heteroatoms. The molecule has 1 aromatic heterocycles. The second-order valence-corrected chi connectivity index (χ2v) is 4.92. The van der Waals surface area contributed by atoms with Crippen molar-refractivity contribution in [2.45, 2.75) is 13.0 Å². The summed E-state index contributed by atoms with van der Waals surface area (Å²) in [6.45, 7) is 6.73. The van der Waals surface area contributed by atoms with E-state index in [-0.39, 0.29) is 0 Å². The first-order chi connectivity index (χ1) is 8.84. The number of nitrogens with one attached hydrogen (secondary N) is 1. The number of pyridine rings is 1. The molecule has 0 spiro atoms. The van der Waals surface area contributed by atoms with Crippen molar-refractivity contribution in [1.29, 1.82) is 0 Å². The molecule has 1 fully saturated rings. The van der Waals surface area contributed by atoms with Crippen LogP contribution < -0.4 is 5.32 Å². The van der Waals surface area contributed by atoms with Gasteiger partial charge in [-0.05, 0) is 24.6 Å². The predicted molar refractivity (Wildman–Crippen MR) is 74.6 cm³/mol. The van der Waals surface area contributed by atoms with Crippen LogP contribution in [0, 0.1) is 0 Å². The van der Waals surface area contributed by atoms with Crippen molar-refractivity contribution in [2.75, 3.05) is 26.2 Å². The minimum atomic E-state index is 0.471. The Morgan fingerprint density at radius 2 is 2.06 bits per heavy atom. The Morgan fingerprint density at radius 3 is 2.89 bits per heavy atom. The fourth-order valence-electron chi connectivity index (χ4n) is 2.62. The predicted octanol–water partition coefficient (Wildman–Crippen LogP) is 2.20. The van der Waals surface area contributed by atoms with Gasteiger partial charge in [0.15, 0.2) is 0 Å². The van der Waals surface area contributed by atoms with Gasteiger partial charge in [-0.3, -0.25) is 9.88 Å². The molecule has 1 N–H and O–H groups in total. The van der Waals surface area contributed by atoms with Crippen molar-refractivity contribution in [3.8, 4) is 0 Å². The van der Waals surface area contributed by atoms with Gasteiger partial charge in [0.05, 0.1) is 5.52 Å². The van der Waals surface area contributed by atoms with Gasteiger partial charge in [-0.15, -0.1) is 0 Å². The van der Waals surface area contributed by atoms with Crippen LogP contribution in [0.2, 0.25) is 0 Å². The highest BCUT2D eigenvalue weighted by atomic mass is 15.2. The lowest BCUT2D eigenvalue weighted by Gasteiger charge is -2.33. The Hall–Kier alpha value is -1.45. The van der Waals surface area contributed by atoms with Crippen LogP contribution in [0.4, 0.5) is 0 Å². The van der Waals surface area contributed by atoms with Gasteiger partial charge in [0, 0.05) is 43.8 Å². The van der Waals surface area contributed by atoms with Gasteiger partial charge in [-0.1, -0.05) is 18.2 Å². The summed E-state index contributed by atoms with van der Waals surface area (Å²) in [5, 5.41) is 4.61. The highest BCUT2D eigenvalue weighted by molar-refractivity contribution is 5.78. The summed E-state index contributed by atoms with van der Waals surface area (Å²) in [5.74, 6) is 0. The van der Waals surface area contributed by atoms with Crippen LogP contribution in [-0.4, -0.2) is 36.1 Å². The second kappa shape index (κ2) is 5.04. The lowest BCUT2D eigenvalue weighted by atomic mass is 10.0. The average molecular weight is 241 g/mol. The van der Waals surface area contributed by atoms with Crippen LogP contribution >= 0.6 is 0 Å². The molecule has 3 rings (SSSR count). The van der Waals surface area contributed by atoms with Crippen LogP contribution in [-0.2, 0) is 0 Å². The molecule has 0 radical (unpaired) electrons. The lowest BCUT2D eigenvalue weighted by molar-refractivity contribution is 0.185. The zero-order chi connectivity index (χ0) is 12.4. The van der Waals surface area contributed by atoms with Gasteiger partial charge < -0.3 is 5.32 Å². The van der Waals surface area contributed by atoms with Gasteiger partial charge >= 0.3 is 0 Å². The molecule has 1 atom stereocenters. The largest absolute Gasteiger partial charge is 0.314 e. The number of rotatable bonds is 2. The third kappa shape index (κ3) is 2.24. The van der Waals surface area contributed by atoms with Crippen molar-refractivity contribution < 1.29 is 0 Å². The molecule has 1 aliphatic rings. The maximum atomic E-state index is 4.44. The number of nitrogens with zero attached hydrogens (tertiary/aromatic N) is 2. The van der Waals surface area contributed by atoms with Gasteiger partial charge in [-0.2, -0.15) is 0 Å². The first kappa shape index (κ1) is 11.6. The molecule has 94 valence electrons. The third-order valence-corrected chi connectivity index (χ3v) is 3.81. The second-order valence-electron chi connectivity index (χ2n) is 4.92. The molecular weight excluding hydrogens is 222 g/mol. The SMILES string of the molecule is CC(c1ccc2cccnc2c1)N1CCNCC1. The van der Waals surface area contributed by atoms with Crippen LogP contribution in [0.3, 0.4) is 0 Å². The number of benzene rings is 1. The van der Waals surface area contributed by atoms with E-state index in [1.54, 1.807) is 0 Å². The monoisotopic (exact) mass is 241 g/mol. The number of hydrogen-bond acceptors (Lipinski definition) is 3. The first-order valence-corrected chi connectivity index (χ1v) is 6.64. The van der Waals surface area contributed by atoms with E-state index in [1.807, 2.05) is 12.3 Å². The minimum absolute atomic E-state index is 0.471. The molecule has 18 heavy (non-hydrogen) atoms. The van der Waals surface area contributed by atoms with E-state index in [0.717, 1.165) is 31.7 Å². The minimum Gasteiger partial charge on any atom is -0.314 e. The maximum Gasteiger partial charge on any atom is 0.0705 e. The molecule has 0 bridgehead atoms. The van der Waals surface area contributed by atoms with E-state index in [4.69, 9.17) is 0 Å². The summed E-state index contributed by atoms with van der Waals surface area (Å²) in [7, 11) is 0. The van der Waals surface area contributed by atoms with E-state index < -0.39 is 0 Å². The molecule has 3 nitrogen and oxygen atoms in total. The lowest BCUT2D eigenvalue weighted by Crippen LogP contribution is -2.44. The van der Waals surface area contributed by atoms with Gasteiger partial charge in [0.25, 0.3) is 0 Å². The Morgan fingerprint density at radius 1 is 1.22 bits per heavy atom. The summed E-state index contributed by atoms with van der Waals surface area (Å²) in [4.78, 5) is 6.97. The summed E-state index contributed by atoms with van der Waals surface area (Å²) >= 11 is 0. The Balaban J connectivity index is 1.88. The molecule has 1 saturated heterocycles. The van der Waals surface area contributed by atoms with Crippen molar-refractivity contribution in [1.82, 2.24) is 15.2 Å². The van der Waals surface area contributed by atoms with E-state index in [1.165, 1.54) is 10.9 Å². The average Bonchev–Trinajstić information content (AvgIpc) is 2.47.